The van der Waals surface area contributed by atoms with Crippen LogP contribution in [0.1, 0.15) is 5.56 Å². The molecule has 1 aliphatic heterocycles. The van der Waals surface area contributed by atoms with Crippen molar-refractivity contribution >= 4 is 33.6 Å². The highest BCUT2D eigenvalue weighted by molar-refractivity contribution is 6.03. The Morgan fingerprint density at radius 3 is 2.56 bits per heavy atom. The molecule has 0 radical (unpaired) electrons. The third kappa shape index (κ3) is 3.07. The normalized spacial score (nSPS) is 20.8. The standard InChI is InChI=1S/C28H26N6O2/c1-16-6-4-8-19-26(18-7-5-9-23-20(18)13-32(2)30-23)31-34(27(16)19)17-10-11-24(29-12-17)33-14-21-22(15-33)25(21)28(35)36-3/h4-13,21-22,25H,14-15H2,1-3H3. The van der Waals surface area contributed by atoms with Gasteiger partial charge in [0, 0.05) is 42.7 Å². The highest BCUT2D eigenvalue weighted by atomic mass is 16.5. The number of ether oxygens (including phenoxy) is 1. The lowest BCUT2D eigenvalue weighted by Crippen LogP contribution is -2.27. The highest BCUT2D eigenvalue weighted by Crippen LogP contribution is 2.52. The van der Waals surface area contributed by atoms with Crippen LogP contribution in [-0.2, 0) is 16.6 Å². The van der Waals surface area contributed by atoms with E-state index < -0.39 is 0 Å². The molecule has 1 saturated carbocycles. The molecule has 0 amide bonds. The van der Waals surface area contributed by atoms with Crippen LogP contribution in [0.15, 0.2) is 60.9 Å². The van der Waals surface area contributed by atoms with E-state index in [1.54, 1.807) is 0 Å². The van der Waals surface area contributed by atoms with E-state index in [0.29, 0.717) is 11.8 Å². The van der Waals surface area contributed by atoms with Gasteiger partial charge in [-0.15, -0.1) is 0 Å². The van der Waals surface area contributed by atoms with Crippen LogP contribution in [0.25, 0.3) is 38.8 Å². The fourth-order valence-electron chi connectivity index (χ4n) is 5.98. The van der Waals surface area contributed by atoms with Gasteiger partial charge >= 0.3 is 5.97 Å². The summed E-state index contributed by atoms with van der Waals surface area (Å²) in [5, 5.41) is 11.9. The minimum absolute atomic E-state index is 0.0617. The summed E-state index contributed by atoms with van der Waals surface area (Å²) in [6.07, 6.45) is 3.94. The van der Waals surface area contributed by atoms with Crippen LogP contribution in [0.4, 0.5) is 5.82 Å². The van der Waals surface area contributed by atoms with Crippen molar-refractivity contribution in [1.82, 2.24) is 24.5 Å². The van der Waals surface area contributed by atoms with Gasteiger partial charge in [-0.25, -0.2) is 9.67 Å². The number of hydrogen-bond acceptors (Lipinski definition) is 6. The van der Waals surface area contributed by atoms with Crippen molar-refractivity contribution in [3.05, 3.63) is 66.5 Å². The smallest absolute Gasteiger partial charge is 0.309 e. The number of rotatable bonds is 4. The molecule has 36 heavy (non-hydrogen) atoms. The number of hydrogen-bond donors (Lipinski definition) is 0. The number of esters is 1. The van der Waals surface area contributed by atoms with Crippen LogP contribution >= 0.6 is 0 Å². The molecule has 8 heteroatoms. The van der Waals surface area contributed by atoms with Gasteiger partial charge in [-0.2, -0.15) is 10.2 Å². The summed E-state index contributed by atoms with van der Waals surface area (Å²) in [7, 11) is 3.41. The van der Waals surface area contributed by atoms with Crippen molar-refractivity contribution in [3.63, 3.8) is 0 Å². The number of nitrogens with zero attached hydrogens (tertiary/aromatic N) is 6. The first-order valence-electron chi connectivity index (χ1n) is 12.2. The number of benzene rings is 2. The Balaban J connectivity index is 1.26. The van der Waals surface area contributed by atoms with E-state index in [1.807, 2.05) is 40.9 Å². The van der Waals surface area contributed by atoms with Crippen LogP contribution in [0, 0.1) is 24.7 Å². The molecule has 2 unspecified atom stereocenters. The minimum Gasteiger partial charge on any atom is -0.469 e. The van der Waals surface area contributed by atoms with Crippen molar-refractivity contribution in [1.29, 1.82) is 0 Å². The number of para-hydroxylation sites is 1. The molecule has 180 valence electrons. The predicted molar refractivity (Wildman–Crippen MR) is 138 cm³/mol. The molecule has 0 spiro atoms. The van der Waals surface area contributed by atoms with Crippen LogP contribution < -0.4 is 4.90 Å². The Morgan fingerprint density at radius 1 is 1.00 bits per heavy atom. The molecule has 0 bridgehead atoms. The summed E-state index contributed by atoms with van der Waals surface area (Å²) in [6.45, 7) is 3.81. The second-order valence-corrected chi connectivity index (χ2v) is 9.93. The fourth-order valence-corrected chi connectivity index (χ4v) is 5.98. The number of aryl methyl sites for hydroxylation is 2. The topological polar surface area (TPSA) is 78.1 Å². The first kappa shape index (κ1) is 21.1. The van der Waals surface area contributed by atoms with Crippen molar-refractivity contribution < 1.29 is 9.53 Å². The molecule has 1 saturated heterocycles. The Bertz CT molecular complexity index is 1640. The average molecular weight is 479 g/mol. The Kier molecular flexibility index (Phi) is 4.49. The summed E-state index contributed by atoms with van der Waals surface area (Å²) in [5.41, 5.74) is 6.10. The number of anilines is 1. The van der Waals surface area contributed by atoms with Crippen molar-refractivity contribution in [2.24, 2.45) is 24.8 Å². The molecule has 2 aromatic carbocycles. The highest BCUT2D eigenvalue weighted by Gasteiger charge is 2.60. The summed E-state index contributed by atoms with van der Waals surface area (Å²) in [4.78, 5) is 18.9. The van der Waals surface area contributed by atoms with Gasteiger partial charge in [0.1, 0.15) is 11.5 Å². The van der Waals surface area contributed by atoms with E-state index in [9.17, 15) is 4.79 Å². The van der Waals surface area contributed by atoms with E-state index in [1.165, 1.54) is 7.11 Å². The molecular formula is C28H26N6O2. The molecule has 0 N–H and O–H groups in total. The van der Waals surface area contributed by atoms with Gasteiger partial charge in [-0.05, 0) is 42.5 Å². The number of carbonyl (C=O) groups excluding carboxylic acids is 1. The van der Waals surface area contributed by atoms with Gasteiger partial charge in [0.05, 0.1) is 35.9 Å². The van der Waals surface area contributed by atoms with Crippen molar-refractivity contribution in [2.45, 2.75) is 6.92 Å². The molecular weight excluding hydrogens is 452 g/mol. The number of piperidine rings is 1. The lowest BCUT2D eigenvalue weighted by atomic mass is 10.0. The van der Waals surface area contributed by atoms with Gasteiger partial charge in [0.2, 0.25) is 0 Å². The average Bonchev–Trinajstić information content (AvgIpc) is 3.25. The zero-order valence-corrected chi connectivity index (χ0v) is 20.4. The number of aromatic nitrogens is 5. The van der Waals surface area contributed by atoms with E-state index in [2.05, 4.69) is 53.3 Å². The number of methoxy groups -OCH3 is 1. The van der Waals surface area contributed by atoms with Gasteiger partial charge in [0.15, 0.2) is 0 Å². The lowest BCUT2D eigenvalue weighted by Gasteiger charge is -2.20. The first-order valence-corrected chi connectivity index (χ1v) is 12.2. The Morgan fingerprint density at radius 2 is 1.81 bits per heavy atom. The minimum atomic E-state index is -0.0772. The molecule has 5 aromatic rings. The van der Waals surface area contributed by atoms with E-state index in [0.717, 1.165) is 63.2 Å². The SMILES string of the molecule is COC(=O)C1C2CN(c3ccc(-n4nc(-c5cccc6nn(C)cc56)c5cccc(C)c54)cn3)CC21. The summed E-state index contributed by atoms with van der Waals surface area (Å²) in [5.74, 6) is 1.69. The molecule has 4 heterocycles. The second kappa shape index (κ2) is 7.65. The summed E-state index contributed by atoms with van der Waals surface area (Å²) in [6, 6.07) is 16.6. The maximum Gasteiger partial charge on any atom is 0.309 e. The summed E-state index contributed by atoms with van der Waals surface area (Å²) < 4.78 is 8.78. The number of fused-ring (bicyclic) bond motifs is 3. The second-order valence-electron chi connectivity index (χ2n) is 9.93. The molecule has 1 aliphatic carbocycles. The molecule has 7 rings (SSSR count). The van der Waals surface area contributed by atoms with Crippen LogP contribution in [-0.4, -0.2) is 50.7 Å². The first-order chi connectivity index (χ1) is 17.5. The molecule has 8 nitrogen and oxygen atoms in total. The molecule has 3 aromatic heterocycles. The third-order valence-corrected chi connectivity index (χ3v) is 7.79. The maximum atomic E-state index is 11.9. The zero-order valence-electron chi connectivity index (χ0n) is 20.4. The molecule has 2 aliphatic rings. The van der Waals surface area contributed by atoms with E-state index >= 15 is 0 Å². The number of carbonyl (C=O) groups is 1. The lowest BCUT2D eigenvalue weighted by molar-refractivity contribution is -0.142. The maximum absolute atomic E-state index is 11.9. The van der Waals surface area contributed by atoms with Crippen molar-refractivity contribution in [2.75, 3.05) is 25.1 Å². The van der Waals surface area contributed by atoms with Gasteiger partial charge in [0.25, 0.3) is 0 Å². The van der Waals surface area contributed by atoms with Crippen molar-refractivity contribution in [3.8, 4) is 16.9 Å². The van der Waals surface area contributed by atoms with Crippen LogP contribution in [0.5, 0.6) is 0 Å². The molecule has 2 atom stereocenters. The van der Waals surface area contributed by atoms with E-state index in [4.69, 9.17) is 14.8 Å². The zero-order chi connectivity index (χ0) is 24.6. The predicted octanol–water partition coefficient (Wildman–Crippen LogP) is 4.14. The largest absolute Gasteiger partial charge is 0.469 e. The Hall–Kier alpha value is -4.20. The van der Waals surface area contributed by atoms with Crippen LogP contribution in [0.3, 0.4) is 0 Å². The summed E-state index contributed by atoms with van der Waals surface area (Å²) >= 11 is 0. The van der Waals surface area contributed by atoms with Gasteiger partial charge in [-0.1, -0.05) is 30.3 Å². The number of pyridine rings is 1. The van der Waals surface area contributed by atoms with Gasteiger partial charge < -0.3 is 9.64 Å². The quantitative estimate of drug-likeness (QED) is 0.362. The Labute approximate surface area is 208 Å². The van der Waals surface area contributed by atoms with E-state index in [-0.39, 0.29) is 11.9 Å². The van der Waals surface area contributed by atoms with Gasteiger partial charge in [-0.3, -0.25) is 9.48 Å². The fraction of sp³-hybridized carbons (Fsp3) is 0.286. The van der Waals surface area contributed by atoms with Crippen LogP contribution in [0.2, 0.25) is 0 Å². The monoisotopic (exact) mass is 478 g/mol. The molecule has 2 fully saturated rings. The third-order valence-electron chi connectivity index (χ3n) is 7.79.